The lowest BCUT2D eigenvalue weighted by Crippen LogP contribution is -2.20. The molecule has 5 nitrogen and oxygen atoms in total. The van der Waals surface area contributed by atoms with E-state index in [0.29, 0.717) is 0 Å². The van der Waals surface area contributed by atoms with Gasteiger partial charge in [-0.1, -0.05) is 10.3 Å². The second-order valence-electron chi connectivity index (χ2n) is 1.17. The molecule has 0 amide bonds. The third kappa shape index (κ3) is 1.46. The number of hydrogen-bond donors (Lipinski definition) is 3. The van der Waals surface area contributed by atoms with Gasteiger partial charge in [0.25, 0.3) is 0 Å². The third-order valence-electron chi connectivity index (χ3n) is 0.628. The van der Waals surface area contributed by atoms with Crippen molar-refractivity contribution in [2.75, 3.05) is 0 Å². The zero-order chi connectivity index (χ0) is 6.57. The average molecular weight is 117 g/mol. The molecule has 0 bridgehead atoms. The van der Waals surface area contributed by atoms with Gasteiger partial charge in [-0.3, -0.25) is 0 Å². The zero-order valence-corrected chi connectivity index (χ0v) is 4.37. The predicted octanol–water partition coefficient (Wildman–Crippen LogP) is -0.417. The summed E-state index contributed by atoms with van der Waals surface area (Å²) in [6.07, 6.45) is 0. The van der Waals surface area contributed by atoms with Crippen LogP contribution in [0.5, 0.6) is 0 Å². The minimum Gasteiger partial charge on any atom is -0.411 e. The average Bonchev–Trinajstić information content (AvgIpc) is 1.84. The Kier molecular flexibility index (Phi) is 2.39. The number of amidine groups is 1. The lowest BCUT2D eigenvalue weighted by atomic mass is 10.4. The molecule has 0 rings (SSSR count). The van der Waals surface area contributed by atoms with Gasteiger partial charge in [0.2, 0.25) is 0 Å². The second-order valence-corrected chi connectivity index (χ2v) is 1.17. The maximum atomic E-state index is 7.95. The van der Waals surface area contributed by atoms with E-state index in [-0.39, 0.29) is 11.5 Å². The highest BCUT2D eigenvalue weighted by Crippen LogP contribution is 1.72. The van der Waals surface area contributed by atoms with Crippen LogP contribution in [0.15, 0.2) is 10.3 Å². The Bertz CT molecular complexity index is 112. The molecule has 8 heavy (non-hydrogen) atoms. The maximum Gasteiger partial charge on any atom is 0.187 e. The van der Waals surface area contributed by atoms with Gasteiger partial charge in [0.1, 0.15) is 5.71 Å². The predicted molar refractivity (Wildman–Crippen MR) is 28.3 cm³/mol. The van der Waals surface area contributed by atoms with Crippen LogP contribution < -0.4 is 5.73 Å². The van der Waals surface area contributed by atoms with Crippen LogP contribution in [0.25, 0.3) is 0 Å². The summed E-state index contributed by atoms with van der Waals surface area (Å²) in [4.78, 5) is 0. The van der Waals surface area contributed by atoms with Crippen molar-refractivity contribution in [3.63, 3.8) is 0 Å². The quantitative estimate of drug-likeness (QED) is 0.188. The highest BCUT2D eigenvalue weighted by Gasteiger charge is 1.94. The Hall–Kier alpha value is -1.26. The molecular formula is C3H7N3O2. The molecule has 46 valence electrons. The van der Waals surface area contributed by atoms with Crippen LogP contribution in [0.2, 0.25) is 0 Å². The molecular weight excluding hydrogens is 110 g/mol. The van der Waals surface area contributed by atoms with Crippen LogP contribution in [0.1, 0.15) is 6.92 Å². The first kappa shape index (κ1) is 6.74. The van der Waals surface area contributed by atoms with Crippen LogP contribution >= 0.6 is 0 Å². The lowest BCUT2D eigenvalue weighted by Gasteiger charge is -1.89. The minimum atomic E-state index is -0.187. The molecule has 0 atom stereocenters. The molecule has 0 saturated heterocycles. The van der Waals surface area contributed by atoms with Crippen LogP contribution in [-0.2, 0) is 0 Å². The molecule has 0 saturated carbocycles. The van der Waals surface area contributed by atoms with Crippen molar-refractivity contribution in [1.82, 2.24) is 0 Å². The summed E-state index contributed by atoms with van der Waals surface area (Å²) in [6.45, 7) is 1.41. The Morgan fingerprint density at radius 1 is 1.38 bits per heavy atom. The van der Waals surface area contributed by atoms with Crippen LogP contribution in [-0.4, -0.2) is 22.0 Å². The summed E-state index contributed by atoms with van der Waals surface area (Å²) < 4.78 is 0. The first-order valence-corrected chi connectivity index (χ1v) is 1.89. The van der Waals surface area contributed by atoms with E-state index in [1.807, 2.05) is 0 Å². The van der Waals surface area contributed by atoms with Crippen molar-refractivity contribution in [3.8, 4) is 0 Å². The van der Waals surface area contributed by atoms with Crippen molar-refractivity contribution >= 4 is 11.5 Å². The fourth-order valence-corrected chi connectivity index (χ4v) is 0.124. The molecule has 0 aromatic heterocycles. The highest BCUT2D eigenvalue weighted by molar-refractivity contribution is 6.39. The van der Waals surface area contributed by atoms with E-state index < -0.39 is 0 Å². The Morgan fingerprint density at radius 3 is 2.00 bits per heavy atom. The summed E-state index contributed by atoms with van der Waals surface area (Å²) >= 11 is 0. The van der Waals surface area contributed by atoms with Crippen LogP contribution in [0.4, 0.5) is 0 Å². The summed E-state index contributed by atoms with van der Waals surface area (Å²) in [5.41, 5.74) is 5.03. The Labute approximate surface area is 46.1 Å². The van der Waals surface area contributed by atoms with Crippen LogP contribution in [0, 0.1) is 0 Å². The molecule has 0 fully saturated rings. The maximum absolute atomic E-state index is 7.95. The molecule has 0 aromatic rings. The number of nitrogens with two attached hydrogens (primary N) is 1. The van der Waals surface area contributed by atoms with Gasteiger partial charge in [-0.2, -0.15) is 0 Å². The van der Waals surface area contributed by atoms with Gasteiger partial charge in [0.15, 0.2) is 5.84 Å². The van der Waals surface area contributed by atoms with E-state index in [0.717, 1.165) is 0 Å². The highest BCUT2D eigenvalue weighted by atomic mass is 16.4. The monoisotopic (exact) mass is 117 g/mol. The largest absolute Gasteiger partial charge is 0.411 e. The fourth-order valence-electron chi connectivity index (χ4n) is 0.124. The first-order valence-electron chi connectivity index (χ1n) is 1.89. The minimum absolute atomic E-state index is 0.0903. The molecule has 0 unspecified atom stereocenters. The fraction of sp³-hybridized carbons (Fsp3) is 0.333. The smallest absolute Gasteiger partial charge is 0.187 e. The molecule has 0 aliphatic rings. The lowest BCUT2D eigenvalue weighted by molar-refractivity contribution is 0.313. The van der Waals surface area contributed by atoms with Gasteiger partial charge in [-0.05, 0) is 6.92 Å². The topological polar surface area (TPSA) is 91.2 Å². The summed E-state index contributed by atoms with van der Waals surface area (Å²) in [7, 11) is 0. The number of hydrogen-bond acceptors (Lipinski definition) is 4. The summed E-state index contributed by atoms with van der Waals surface area (Å²) in [5, 5.41) is 21.1. The van der Waals surface area contributed by atoms with E-state index in [1.165, 1.54) is 6.92 Å². The standard InChI is InChI=1S/C3H7N3O2/c1-2(5-7)3(4)6-8/h7-8H,1H3,(H2,4,6)/b5-2-. The van der Waals surface area contributed by atoms with Crippen molar-refractivity contribution < 1.29 is 10.4 Å². The first-order chi connectivity index (χ1) is 3.72. The molecule has 0 aliphatic carbocycles. The van der Waals surface area contributed by atoms with Gasteiger partial charge < -0.3 is 16.1 Å². The number of rotatable bonds is 1. The molecule has 4 N–H and O–H groups in total. The molecule has 5 heteroatoms. The second kappa shape index (κ2) is 2.84. The zero-order valence-electron chi connectivity index (χ0n) is 4.37. The van der Waals surface area contributed by atoms with Crippen molar-refractivity contribution in [2.24, 2.45) is 16.0 Å². The van der Waals surface area contributed by atoms with E-state index in [2.05, 4.69) is 10.3 Å². The number of oxime groups is 2. The molecule has 0 aliphatic heterocycles. The van der Waals surface area contributed by atoms with Crippen molar-refractivity contribution in [3.05, 3.63) is 0 Å². The van der Waals surface area contributed by atoms with Gasteiger partial charge in [-0.15, -0.1) is 0 Å². The third-order valence-corrected chi connectivity index (χ3v) is 0.628. The van der Waals surface area contributed by atoms with Gasteiger partial charge >= 0.3 is 0 Å². The van der Waals surface area contributed by atoms with Crippen LogP contribution in [0.3, 0.4) is 0 Å². The molecule has 0 aromatic carbocycles. The van der Waals surface area contributed by atoms with Gasteiger partial charge in [0, 0.05) is 0 Å². The van der Waals surface area contributed by atoms with E-state index in [4.69, 9.17) is 16.1 Å². The summed E-state index contributed by atoms with van der Waals surface area (Å²) in [6, 6.07) is 0. The normalized spacial score (nSPS) is 14.1. The van der Waals surface area contributed by atoms with Gasteiger partial charge in [-0.25, -0.2) is 0 Å². The molecule has 0 radical (unpaired) electrons. The Balaban J connectivity index is 4.04. The van der Waals surface area contributed by atoms with Crippen molar-refractivity contribution in [2.45, 2.75) is 6.92 Å². The van der Waals surface area contributed by atoms with E-state index in [1.54, 1.807) is 0 Å². The number of nitrogens with zero attached hydrogens (tertiary/aromatic N) is 2. The molecule has 0 spiro atoms. The molecule has 0 heterocycles. The van der Waals surface area contributed by atoms with E-state index in [9.17, 15) is 0 Å². The van der Waals surface area contributed by atoms with Gasteiger partial charge in [0.05, 0.1) is 0 Å². The summed E-state index contributed by atoms with van der Waals surface area (Å²) in [5.74, 6) is -0.187. The SMILES string of the molecule is CC(=N/O)/C(N)=N\O. The van der Waals surface area contributed by atoms with E-state index >= 15 is 0 Å². The van der Waals surface area contributed by atoms with Crippen molar-refractivity contribution in [1.29, 1.82) is 0 Å². The Morgan fingerprint density at radius 2 is 1.88 bits per heavy atom.